The van der Waals surface area contributed by atoms with Crippen LogP contribution in [-0.2, 0) is 17.6 Å². The van der Waals surface area contributed by atoms with Gasteiger partial charge in [-0.2, -0.15) is 0 Å². The molecular weight excluding hydrogens is 471 g/mol. The van der Waals surface area contributed by atoms with Crippen molar-refractivity contribution >= 4 is 5.78 Å². The van der Waals surface area contributed by atoms with E-state index >= 15 is 0 Å². The number of aromatic nitrogens is 2. The third-order valence-corrected chi connectivity index (χ3v) is 7.36. The Hall–Kier alpha value is -4.00. The van der Waals surface area contributed by atoms with Crippen molar-refractivity contribution in [2.45, 2.75) is 44.4 Å². The fourth-order valence-corrected chi connectivity index (χ4v) is 5.49. The zero-order valence-corrected chi connectivity index (χ0v) is 20.3. The zero-order chi connectivity index (χ0) is 25.4. The summed E-state index contributed by atoms with van der Waals surface area (Å²) >= 11 is 0. The predicted octanol–water partition coefficient (Wildman–Crippen LogP) is 5.86. The summed E-state index contributed by atoms with van der Waals surface area (Å²) in [5.41, 5.74) is 4.86. The van der Waals surface area contributed by atoms with E-state index in [1.807, 2.05) is 30.3 Å². The van der Waals surface area contributed by atoms with Gasteiger partial charge in [0.1, 0.15) is 17.3 Å². The Balaban J connectivity index is 1.45. The van der Waals surface area contributed by atoms with Crippen LogP contribution in [0.3, 0.4) is 0 Å². The van der Waals surface area contributed by atoms with Crippen molar-refractivity contribution in [3.05, 3.63) is 93.7 Å². The van der Waals surface area contributed by atoms with Crippen LogP contribution >= 0.6 is 0 Å². The Labute approximate surface area is 213 Å². The number of Topliss-reactive ketones (excluding diaryl/α,β-unsaturated/α-hetero) is 1. The van der Waals surface area contributed by atoms with Gasteiger partial charge < -0.3 is 4.74 Å². The molecule has 6 rings (SSSR count). The van der Waals surface area contributed by atoms with Crippen LogP contribution in [0.15, 0.2) is 70.0 Å². The van der Waals surface area contributed by atoms with Gasteiger partial charge in [0, 0.05) is 24.0 Å². The molecule has 4 aromatic rings. The molecule has 188 valence electrons. The lowest BCUT2D eigenvalue weighted by atomic mass is 9.84. The minimum Gasteiger partial charge on any atom is -0.493 e. The molecule has 1 aliphatic heterocycles. The molecule has 0 saturated heterocycles. The quantitative estimate of drug-likeness (QED) is 0.345. The molecule has 0 bridgehead atoms. The minimum absolute atomic E-state index is 0.0223. The van der Waals surface area contributed by atoms with Crippen molar-refractivity contribution in [3.63, 3.8) is 0 Å². The predicted molar refractivity (Wildman–Crippen MR) is 137 cm³/mol. The number of hydrogen-bond acceptors (Lipinski definition) is 5. The van der Waals surface area contributed by atoms with Crippen LogP contribution < -0.4 is 10.5 Å². The maximum Gasteiger partial charge on any atom is 0.439 e. The number of fused-ring (bicyclic) bond motifs is 1. The van der Waals surface area contributed by atoms with E-state index in [9.17, 15) is 14.0 Å². The second-order valence-corrected chi connectivity index (χ2v) is 9.96. The molecule has 6 nitrogen and oxygen atoms in total. The van der Waals surface area contributed by atoms with Crippen LogP contribution in [0.5, 0.6) is 5.75 Å². The van der Waals surface area contributed by atoms with Crippen molar-refractivity contribution in [2.24, 2.45) is 5.92 Å². The highest BCUT2D eigenvalue weighted by atomic mass is 19.1. The summed E-state index contributed by atoms with van der Waals surface area (Å²) < 4.78 is 25.3. The van der Waals surface area contributed by atoms with Crippen molar-refractivity contribution in [1.29, 1.82) is 0 Å². The Morgan fingerprint density at radius 2 is 1.73 bits per heavy atom. The Kier molecular flexibility index (Phi) is 6.20. The van der Waals surface area contributed by atoms with Crippen molar-refractivity contribution in [1.82, 2.24) is 10.1 Å². The summed E-state index contributed by atoms with van der Waals surface area (Å²) in [6, 6.07) is 18.2. The smallest absolute Gasteiger partial charge is 0.439 e. The van der Waals surface area contributed by atoms with Gasteiger partial charge in [-0.25, -0.2) is 9.18 Å². The van der Waals surface area contributed by atoms with Gasteiger partial charge in [0.25, 0.3) is 0 Å². The first-order valence-corrected chi connectivity index (χ1v) is 12.8. The number of nitrogens with one attached hydrogen (secondary N) is 1. The number of rotatable bonds is 7. The number of ether oxygens (including phenoxy) is 1. The normalized spacial score (nSPS) is 17.1. The van der Waals surface area contributed by atoms with Gasteiger partial charge >= 0.3 is 5.76 Å². The van der Waals surface area contributed by atoms with E-state index in [4.69, 9.17) is 9.26 Å². The van der Waals surface area contributed by atoms with E-state index < -0.39 is 5.76 Å². The third-order valence-electron chi connectivity index (χ3n) is 7.36. The zero-order valence-electron chi connectivity index (χ0n) is 20.3. The Morgan fingerprint density at radius 3 is 2.49 bits per heavy atom. The fraction of sp³-hybridized carbons (Fsp3) is 0.300. The molecule has 1 unspecified atom stereocenters. The number of carbonyl (C=O) groups is 1. The van der Waals surface area contributed by atoms with Crippen LogP contribution in [0.4, 0.5) is 4.39 Å². The first-order chi connectivity index (χ1) is 18.1. The molecule has 1 aromatic heterocycles. The molecule has 0 amide bonds. The van der Waals surface area contributed by atoms with E-state index in [0.29, 0.717) is 29.8 Å². The first kappa shape index (κ1) is 23.4. The summed E-state index contributed by atoms with van der Waals surface area (Å²) in [6.45, 7) is 0.612. The number of aromatic amines is 1. The molecule has 1 aliphatic carbocycles. The summed E-state index contributed by atoms with van der Waals surface area (Å²) in [4.78, 5) is 27.5. The lowest BCUT2D eigenvalue weighted by molar-refractivity contribution is -0.117. The number of carbonyl (C=O) groups excluding carboxylic acids is 1. The van der Waals surface area contributed by atoms with Gasteiger partial charge in [0.15, 0.2) is 5.82 Å². The van der Waals surface area contributed by atoms with Gasteiger partial charge in [-0.3, -0.25) is 14.3 Å². The largest absolute Gasteiger partial charge is 0.493 e. The number of H-pyrrole nitrogens is 1. The highest BCUT2D eigenvalue weighted by molar-refractivity contribution is 5.86. The molecule has 2 heterocycles. The maximum absolute atomic E-state index is 14.2. The van der Waals surface area contributed by atoms with E-state index in [0.717, 1.165) is 46.4 Å². The summed E-state index contributed by atoms with van der Waals surface area (Å²) in [6.07, 6.45) is 4.57. The van der Waals surface area contributed by atoms with E-state index in [-0.39, 0.29) is 24.4 Å². The topological polar surface area (TPSA) is 85.2 Å². The molecule has 7 heteroatoms. The van der Waals surface area contributed by atoms with E-state index in [1.54, 1.807) is 18.2 Å². The fourth-order valence-electron chi connectivity index (χ4n) is 5.49. The lowest BCUT2D eigenvalue weighted by Gasteiger charge is -2.21. The second-order valence-electron chi connectivity index (χ2n) is 9.96. The molecule has 37 heavy (non-hydrogen) atoms. The molecule has 1 N–H and O–H groups in total. The van der Waals surface area contributed by atoms with Crippen molar-refractivity contribution < 1.29 is 18.4 Å². The van der Waals surface area contributed by atoms with Gasteiger partial charge in [-0.1, -0.05) is 47.6 Å². The molecule has 2 aliphatic rings. The summed E-state index contributed by atoms with van der Waals surface area (Å²) in [5.74, 6) is 1.08. The van der Waals surface area contributed by atoms with Crippen LogP contribution in [0.25, 0.3) is 22.5 Å². The summed E-state index contributed by atoms with van der Waals surface area (Å²) in [5, 5.41) is 3.90. The maximum atomic E-state index is 14.2. The molecule has 3 aromatic carbocycles. The van der Waals surface area contributed by atoms with Crippen LogP contribution in [0, 0.1) is 11.7 Å². The lowest BCUT2D eigenvalue weighted by Crippen LogP contribution is -2.11. The monoisotopic (exact) mass is 498 g/mol. The Morgan fingerprint density at radius 1 is 0.973 bits per heavy atom. The number of benzene rings is 3. The van der Waals surface area contributed by atoms with Crippen LogP contribution in [0.1, 0.15) is 48.3 Å². The number of nitrogens with zero attached hydrogens (tertiary/aromatic N) is 1. The van der Waals surface area contributed by atoms with Gasteiger partial charge in [-0.15, -0.1) is 0 Å². The SMILES string of the molecule is O=C(Cc1ccccc1F)Cc1cc(-c2ccccc2-c2noc(=O)[nH]2)cc2c1OCCCC2C1CC1. The molecule has 0 spiro atoms. The molecule has 1 fully saturated rings. The van der Waals surface area contributed by atoms with Crippen molar-refractivity contribution in [3.8, 4) is 28.3 Å². The van der Waals surface area contributed by atoms with E-state index in [1.165, 1.54) is 18.9 Å². The standard InChI is InChI=1S/C30H27FN2O4/c31-27-10-4-1-6-19(27)15-22(34)16-21-14-20(17-26-23(18-11-12-18)9-5-13-36-28(21)26)24-7-2-3-8-25(24)29-32-30(35)37-33-29/h1-4,6-8,10,14,17-18,23H,5,9,11-13,15-16H2,(H,32,33,35). The van der Waals surface area contributed by atoms with Gasteiger partial charge in [0.05, 0.1) is 6.61 Å². The van der Waals surface area contributed by atoms with Crippen LogP contribution in [0.2, 0.25) is 0 Å². The second kappa shape index (κ2) is 9.81. The van der Waals surface area contributed by atoms with Gasteiger partial charge in [-0.05, 0) is 78.0 Å². The number of ketones is 1. The highest BCUT2D eigenvalue weighted by Gasteiger charge is 2.36. The third kappa shape index (κ3) is 4.86. The summed E-state index contributed by atoms with van der Waals surface area (Å²) in [7, 11) is 0. The minimum atomic E-state index is -0.617. The molecule has 1 saturated carbocycles. The Bertz CT molecular complexity index is 1520. The first-order valence-electron chi connectivity index (χ1n) is 12.8. The number of hydrogen-bond donors (Lipinski definition) is 1. The molecular formula is C30H27FN2O4. The number of halogens is 1. The van der Waals surface area contributed by atoms with Crippen molar-refractivity contribution in [2.75, 3.05) is 6.61 Å². The van der Waals surface area contributed by atoms with E-state index in [2.05, 4.69) is 16.2 Å². The van der Waals surface area contributed by atoms with Crippen LogP contribution in [-0.4, -0.2) is 22.5 Å². The average molecular weight is 499 g/mol. The molecule has 1 atom stereocenters. The highest BCUT2D eigenvalue weighted by Crippen LogP contribution is 2.50. The van der Waals surface area contributed by atoms with Gasteiger partial charge in [0.2, 0.25) is 0 Å². The average Bonchev–Trinajstić information content (AvgIpc) is 3.68. The molecule has 0 radical (unpaired) electrons.